The quantitative estimate of drug-likeness (QED) is 0.131. The number of carboxylic acids is 1. The number of aliphatic carboxylic acids is 1. The van der Waals surface area contributed by atoms with Crippen LogP contribution in [0.5, 0.6) is 0 Å². The van der Waals surface area contributed by atoms with Crippen molar-refractivity contribution in [3.8, 4) is 0 Å². The first-order valence-electron chi connectivity index (χ1n) is 11.1. The van der Waals surface area contributed by atoms with E-state index in [1.165, 1.54) is 25.7 Å². The summed E-state index contributed by atoms with van der Waals surface area (Å²) < 4.78 is 0. The van der Waals surface area contributed by atoms with Gasteiger partial charge in [0.25, 0.3) is 0 Å². The number of aliphatic hydroxyl groups excluding tert-OH is 2. The van der Waals surface area contributed by atoms with Gasteiger partial charge in [-0.05, 0) is 25.2 Å². The van der Waals surface area contributed by atoms with Crippen molar-refractivity contribution in [2.24, 2.45) is 11.8 Å². The van der Waals surface area contributed by atoms with Crippen LogP contribution in [-0.4, -0.2) is 44.9 Å². The van der Waals surface area contributed by atoms with Crippen LogP contribution in [-0.2, 0) is 9.68 Å². The number of hydrogen-bond acceptors (Lipinski definition) is 5. The fourth-order valence-electron chi connectivity index (χ4n) is 4.17. The minimum absolute atomic E-state index is 0.0375. The van der Waals surface area contributed by atoms with Crippen LogP contribution in [0.2, 0.25) is 0 Å². The van der Waals surface area contributed by atoms with E-state index in [1.807, 2.05) is 12.2 Å². The molecule has 0 amide bonds. The average Bonchev–Trinajstić information content (AvgIpc) is 2.93. The van der Waals surface area contributed by atoms with Gasteiger partial charge >= 0.3 is 5.97 Å². The monoisotopic (exact) mass is 400 g/mol. The average molecular weight is 401 g/mol. The van der Waals surface area contributed by atoms with Crippen molar-refractivity contribution in [1.82, 2.24) is 0 Å². The van der Waals surface area contributed by atoms with Gasteiger partial charge in [-0.2, -0.15) is 0 Å². The smallest absolute Gasteiger partial charge is 0.303 e. The molecule has 4 N–H and O–H groups in total. The van der Waals surface area contributed by atoms with Gasteiger partial charge in [0, 0.05) is 18.8 Å². The molecule has 1 rings (SSSR count). The lowest BCUT2D eigenvalue weighted by Gasteiger charge is -2.21. The number of hydrogen-bond donors (Lipinski definition) is 4. The summed E-state index contributed by atoms with van der Waals surface area (Å²) in [5.74, 6) is -0.973. The van der Waals surface area contributed by atoms with Crippen LogP contribution in [0.15, 0.2) is 12.2 Å². The minimum atomic E-state index is -0.780. The standard InChI is InChI=1S/C22H40O6/c1-2-3-4-5-6-8-11-17(28-27)14-15-19-18(20(23)16-21(19)24)12-9-7-10-13-22(25)26/h14-15,17-21,23-24,27H,2-13,16H2,1H3,(H,25,26)/t17?,18-,19-,20+,21-/m1/s1. The van der Waals surface area contributed by atoms with Crippen LogP contribution in [0.3, 0.4) is 0 Å². The van der Waals surface area contributed by atoms with Crippen LogP contribution in [0.1, 0.15) is 90.4 Å². The summed E-state index contributed by atoms with van der Waals surface area (Å²) in [4.78, 5) is 15.2. The molecule has 6 heteroatoms. The fraction of sp³-hybridized carbons (Fsp3) is 0.864. The molecular formula is C22H40O6. The summed E-state index contributed by atoms with van der Waals surface area (Å²) in [5, 5.41) is 38.4. The molecular weight excluding hydrogens is 360 g/mol. The lowest BCUT2D eigenvalue weighted by atomic mass is 9.88. The first-order chi connectivity index (χ1) is 13.5. The van der Waals surface area contributed by atoms with Gasteiger partial charge in [-0.1, -0.05) is 70.4 Å². The highest BCUT2D eigenvalue weighted by Crippen LogP contribution is 2.37. The fourth-order valence-corrected chi connectivity index (χ4v) is 4.17. The topological polar surface area (TPSA) is 107 Å². The molecule has 164 valence electrons. The zero-order valence-corrected chi connectivity index (χ0v) is 17.3. The predicted octanol–water partition coefficient (Wildman–Crippen LogP) is 4.54. The van der Waals surface area contributed by atoms with Crippen LogP contribution in [0.25, 0.3) is 0 Å². The summed E-state index contributed by atoms with van der Waals surface area (Å²) >= 11 is 0. The molecule has 0 heterocycles. The van der Waals surface area contributed by atoms with E-state index in [-0.39, 0.29) is 24.4 Å². The van der Waals surface area contributed by atoms with Crippen molar-refractivity contribution in [2.45, 2.75) is 109 Å². The third-order valence-electron chi connectivity index (χ3n) is 5.87. The van der Waals surface area contributed by atoms with Crippen molar-refractivity contribution in [2.75, 3.05) is 0 Å². The molecule has 1 fully saturated rings. The highest BCUT2D eigenvalue weighted by atomic mass is 17.1. The second kappa shape index (κ2) is 15.0. The van der Waals surface area contributed by atoms with E-state index in [1.54, 1.807) is 0 Å². The molecule has 0 aromatic rings. The molecule has 0 aromatic heterocycles. The maximum atomic E-state index is 10.6. The summed E-state index contributed by atoms with van der Waals surface area (Å²) in [5.41, 5.74) is 0. The van der Waals surface area contributed by atoms with Gasteiger partial charge in [-0.3, -0.25) is 10.1 Å². The maximum Gasteiger partial charge on any atom is 0.303 e. The van der Waals surface area contributed by atoms with E-state index in [0.29, 0.717) is 12.8 Å². The Labute approximate surface area is 169 Å². The van der Waals surface area contributed by atoms with E-state index in [9.17, 15) is 15.0 Å². The normalized spacial score (nSPS) is 26.1. The van der Waals surface area contributed by atoms with Crippen LogP contribution in [0.4, 0.5) is 0 Å². The third kappa shape index (κ3) is 10.0. The van der Waals surface area contributed by atoms with E-state index in [0.717, 1.165) is 38.5 Å². The molecule has 1 aliphatic rings. The first-order valence-corrected chi connectivity index (χ1v) is 11.1. The summed E-state index contributed by atoms with van der Waals surface area (Å²) in [6.07, 6.45) is 13.5. The van der Waals surface area contributed by atoms with Gasteiger partial charge in [-0.15, -0.1) is 0 Å². The van der Waals surface area contributed by atoms with Crippen molar-refractivity contribution >= 4 is 5.97 Å². The molecule has 0 aromatic carbocycles. The second-order valence-corrected chi connectivity index (χ2v) is 8.19. The lowest BCUT2D eigenvalue weighted by molar-refractivity contribution is -0.267. The van der Waals surface area contributed by atoms with Crippen molar-refractivity contribution in [1.29, 1.82) is 0 Å². The maximum absolute atomic E-state index is 10.6. The summed E-state index contributed by atoms with van der Waals surface area (Å²) in [7, 11) is 0. The molecule has 28 heavy (non-hydrogen) atoms. The van der Waals surface area contributed by atoms with Crippen molar-refractivity contribution < 1.29 is 30.3 Å². The minimum Gasteiger partial charge on any atom is -0.481 e. The second-order valence-electron chi connectivity index (χ2n) is 8.19. The molecule has 0 radical (unpaired) electrons. The van der Waals surface area contributed by atoms with Crippen LogP contribution >= 0.6 is 0 Å². The van der Waals surface area contributed by atoms with Crippen LogP contribution in [0, 0.1) is 11.8 Å². The Bertz CT molecular complexity index is 439. The number of carbonyl (C=O) groups is 1. The molecule has 0 bridgehead atoms. The molecule has 1 unspecified atom stereocenters. The van der Waals surface area contributed by atoms with E-state index < -0.39 is 18.2 Å². The Morgan fingerprint density at radius 3 is 2.39 bits per heavy atom. The first kappa shape index (κ1) is 25.1. The Morgan fingerprint density at radius 2 is 1.71 bits per heavy atom. The largest absolute Gasteiger partial charge is 0.481 e. The summed E-state index contributed by atoms with van der Waals surface area (Å²) in [6.45, 7) is 2.19. The Kier molecular flexibility index (Phi) is 13.4. The van der Waals surface area contributed by atoms with Crippen molar-refractivity contribution in [3.63, 3.8) is 0 Å². The zero-order chi connectivity index (χ0) is 20.8. The van der Waals surface area contributed by atoms with E-state index >= 15 is 0 Å². The van der Waals surface area contributed by atoms with Gasteiger partial charge in [0.05, 0.1) is 12.2 Å². The molecule has 6 nitrogen and oxygen atoms in total. The predicted molar refractivity (Wildman–Crippen MR) is 109 cm³/mol. The molecule has 1 saturated carbocycles. The van der Waals surface area contributed by atoms with E-state index in [2.05, 4.69) is 11.8 Å². The highest BCUT2D eigenvalue weighted by molar-refractivity contribution is 5.66. The van der Waals surface area contributed by atoms with Crippen molar-refractivity contribution in [3.05, 3.63) is 12.2 Å². The van der Waals surface area contributed by atoms with Gasteiger partial charge < -0.3 is 15.3 Å². The van der Waals surface area contributed by atoms with Gasteiger partial charge in [-0.25, -0.2) is 4.89 Å². The Morgan fingerprint density at radius 1 is 1.04 bits per heavy atom. The Balaban J connectivity index is 2.41. The van der Waals surface area contributed by atoms with Crippen LogP contribution < -0.4 is 0 Å². The molecule has 1 aliphatic carbocycles. The summed E-state index contributed by atoms with van der Waals surface area (Å²) in [6, 6.07) is 0. The molecule has 0 aliphatic heterocycles. The molecule has 0 spiro atoms. The van der Waals surface area contributed by atoms with E-state index in [4.69, 9.17) is 10.4 Å². The lowest BCUT2D eigenvalue weighted by Crippen LogP contribution is -2.21. The number of aliphatic hydroxyl groups is 2. The number of carboxylic acid groups (broad SMARTS) is 1. The van der Waals surface area contributed by atoms with Gasteiger partial charge in [0.1, 0.15) is 6.10 Å². The molecule has 0 saturated heterocycles. The third-order valence-corrected chi connectivity index (χ3v) is 5.87. The SMILES string of the molecule is CCCCCCCCC(C=C[C@@H]1[C@@H](CCCCCC(=O)O)[C@@H](O)C[C@H]1O)OO. The number of unbranched alkanes of at least 4 members (excludes halogenated alkanes) is 7. The molecule has 5 atom stereocenters. The zero-order valence-electron chi connectivity index (χ0n) is 17.3. The highest BCUT2D eigenvalue weighted by Gasteiger charge is 2.39. The van der Waals surface area contributed by atoms with Gasteiger partial charge in [0.2, 0.25) is 0 Å². The van der Waals surface area contributed by atoms with Gasteiger partial charge in [0.15, 0.2) is 0 Å². The Hall–Kier alpha value is -0.950. The number of rotatable bonds is 16.